The molecule has 0 aliphatic carbocycles. The van der Waals surface area contributed by atoms with Crippen LogP contribution >= 0.6 is 0 Å². The number of sulfone groups is 1. The maximum Gasteiger partial charge on any atom is 0.182 e. The van der Waals surface area contributed by atoms with Gasteiger partial charge in [0.2, 0.25) is 0 Å². The first-order chi connectivity index (χ1) is 6.25. The molecule has 0 aromatic carbocycles. The van der Waals surface area contributed by atoms with Gasteiger partial charge in [-0.3, -0.25) is 0 Å². The first-order valence-electron chi connectivity index (χ1n) is 3.95. The van der Waals surface area contributed by atoms with Crippen molar-refractivity contribution in [1.29, 1.82) is 0 Å². The maximum atomic E-state index is 11.4. The first kappa shape index (κ1) is 10.8. The van der Waals surface area contributed by atoms with Crippen molar-refractivity contribution in [1.82, 2.24) is 9.78 Å². The predicted octanol–water partition coefficient (Wildman–Crippen LogP) is -0.528. The molecule has 0 amide bonds. The molecule has 2 N–H and O–H groups in total. The van der Waals surface area contributed by atoms with Crippen molar-refractivity contribution in [3.63, 3.8) is 0 Å². The van der Waals surface area contributed by atoms with Crippen molar-refractivity contribution in [2.45, 2.75) is 4.90 Å². The number of hydrogen-bond donors (Lipinski definition) is 1. The van der Waals surface area contributed by atoms with E-state index in [4.69, 9.17) is 5.73 Å². The summed E-state index contributed by atoms with van der Waals surface area (Å²) in [6.07, 6.45) is 1.12. The molecular weight excluding hydrogens is 204 g/mol. The molecule has 1 heterocycles. The Morgan fingerprint density at radius 1 is 1.43 bits per heavy atom. The highest BCUT2D eigenvalue weighted by molar-refractivity contribution is 7.91. The minimum Gasteiger partial charge on any atom is -0.383 e. The van der Waals surface area contributed by atoms with Gasteiger partial charge in [-0.1, -0.05) is 0 Å². The van der Waals surface area contributed by atoms with Crippen LogP contribution in [0, 0.1) is 0 Å². The van der Waals surface area contributed by atoms with Crippen molar-refractivity contribution in [3.8, 4) is 0 Å². The molecule has 0 aliphatic heterocycles. The van der Waals surface area contributed by atoms with Gasteiger partial charge in [-0.25, -0.2) is 13.1 Å². The van der Waals surface area contributed by atoms with Gasteiger partial charge in [0.1, 0.15) is 5.82 Å². The monoisotopic (exact) mass is 218 g/mol. The maximum absolute atomic E-state index is 11.4. The molecular formula is C7H14N4O2S. The summed E-state index contributed by atoms with van der Waals surface area (Å²) in [6.45, 7) is 0. The van der Waals surface area contributed by atoms with E-state index in [1.807, 2.05) is 0 Å². The first-order valence-corrected chi connectivity index (χ1v) is 5.84. The Labute approximate surface area is 83.2 Å². The summed E-state index contributed by atoms with van der Waals surface area (Å²) in [7, 11) is 1.71. The third-order valence-corrected chi connectivity index (χ3v) is 2.96. The Hall–Kier alpha value is -1.24. The summed E-state index contributed by atoms with van der Waals surface area (Å²) >= 11 is 0. The molecule has 0 saturated carbocycles. The lowest BCUT2D eigenvalue weighted by Crippen LogP contribution is -2.13. The highest BCUT2D eigenvalue weighted by Crippen LogP contribution is 2.27. The van der Waals surface area contributed by atoms with Gasteiger partial charge < -0.3 is 10.6 Å². The number of nitrogens with two attached hydrogens (primary N) is 1. The number of aryl methyl sites for hydroxylation is 1. The van der Waals surface area contributed by atoms with Gasteiger partial charge in [0.05, 0.1) is 0 Å². The number of anilines is 2. The lowest BCUT2D eigenvalue weighted by atomic mass is 10.5. The van der Waals surface area contributed by atoms with Gasteiger partial charge in [-0.15, -0.1) is 0 Å². The third-order valence-electron chi connectivity index (χ3n) is 1.82. The molecule has 0 aliphatic rings. The highest BCUT2D eigenvalue weighted by Gasteiger charge is 2.23. The predicted molar refractivity (Wildman–Crippen MR) is 55.1 cm³/mol. The minimum absolute atomic E-state index is 0.0880. The van der Waals surface area contributed by atoms with Gasteiger partial charge in [-0.05, 0) is 0 Å². The molecule has 0 spiro atoms. The van der Waals surface area contributed by atoms with Gasteiger partial charge in [0, 0.05) is 27.4 Å². The van der Waals surface area contributed by atoms with Crippen LogP contribution in [0.5, 0.6) is 0 Å². The summed E-state index contributed by atoms with van der Waals surface area (Å²) in [5.74, 6) is 0.531. The Morgan fingerprint density at radius 3 is 2.21 bits per heavy atom. The van der Waals surface area contributed by atoms with Crippen molar-refractivity contribution >= 4 is 21.5 Å². The van der Waals surface area contributed by atoms with Crippen LogP contribution in [0.25, 0.3) is 0 Å². The number of hydrogen-bond acceptors (Lipinski definition) is 5. The molecule has 1 aromatic heterocycles. The topological polar surface area (TPSA) is 81.2 Å². The summed E-state index contributed by atoms with van der Waals surface area (Å²) in [6, 6.07) is 0. The number of rotatable bonds is 2. The molecule has 6 nitrogen and oxygen atoms in total. The van der Waals surface area contributed by atoms with E-state index in [-0.39, 0.29) is 10.7 Å². The normalized spacial score (nSPS) is 11.7. The van der Waals surface area contributed by atoms with Gasteiger partial charge in [0.25, 0.3) is 0 Å². The molecule has 1 rings (SSSR count). The van der Waals surface area contributed by atoms with Crippen LogP contribution in [0.15, 0.2) is 4.90 Å². The van der Waals surface area contributed by atoms with Crippen LogP contribution in [0.2, 0.25) is 0 Å². The van der Waals surface area contributed by atoms with E-state index in [0.29, 0.717) is 5.82 Å². The Balaban J connectivity index is 3.55. The average Bonchev–Trinajstić information content (AvgIpc) is 2.27. The van der Waals surface area contributed by atoms with Crippen LogP contribution in [-0.2, 0) is 16.9 Å². The Morgan fingerprint density at radius 2 is 1.93 bits per heavy atom. The standard InChI is InChI=1S/C7H14N4O2S/c1-10(2)7-5(14(4,12)13)6(8)11(3)9-7/h8H2,1-4H3. The lowest BCUT2D eigenvalue weighted by Gasteiger charge is -2.09. The second kappa shape index (κ2) is 3.16. The average molecular weight is 218 g/mol. The molecule has 0 unspecified atom stereocenters. The third kappa shape index (κ3) is 1.67. The Kier molecular flexibility index (Phi) is 2.45. The van der Waals surface area contributed by atoms with E-state index in [0.717, 1.165) is 6.26 Å². The van der Waals surface area contributed by atoms with Crippen LogP contribution in [-0.4, -0.2) is 38.5 Å². The zero-order valence-corrected chi connectivity index (χ0v) is 9.46. The van der Waals surface area contributed by atoms with Crippen molar-refractivity contribution in [3.05, 3.63) is 0 Å². The highest BCUT2D eigenvalue weighted by atomic mass is 32.2. The number of aromatic nitrogens is 2. The minimum atomic E-state index is -3.34. The molecule has 0 radical (unpaired) electrons. The molecule has 1 aromatic rings. The van der Waals surface area contributed by atoms with E-state index in [9.17, 15) is 8.42 Å². The van der Waals surface area contributed by atoms with E-state index in [1.165, 1.54) is 4.68 Å². The smallest absolute Gasteiger partial charge is 0.182 e. The summed E-state index contributed by atoms with van der Waals surface area (Å²) in [4.78, 5) is 1.71. The van der Waals surface area contributed by atoms with E-state index < -0.39 is 9.84 Å². The fraction of sp³-hybridized carbons (Fsp3) is 0.571. The van der Waals surface area contributed by atoms with Gasteiger partial charge in [0.15, 0.2) is 20.6 Å². The second-order valence-electron chi connectivity index (χ2n) is 3.33. The number of nitrogen functional groups attached to an aromatic ring is 1. The van der Waals surface area contributed by atoms with Gasteiger partial charge in [-0.2, -0.15) is 5.10 Å². The summed E-state index contributed by atoms with van der Waals surface area (Å²) < 4.78 is 24.2. The SMILES string of the molecule is CN(C)c1nn(C)c(N)c1S(C)(=O)=O. The molecule has 0 bridgehead atoms. The van der Waals surface area contributed by atoms with E-state index in [2.05, 4.69) is 5.10 Å². The fourth-order valence-corrected chi connectivity index (χ4v) is 2.22. The largest absolute Gasteiger partial charge is 0.383 e. The van der Waals surface area contributed by atoms with Gasteiger partial charge >= 0.3 is 0 Å². The second-order valence-corrected chi connectivity index (χ2v) is 5.28. The van der Waals surface area contributed by atoms with Crippen molar-refractivity contribution < 1.29 is 8.42 Å². The van der Waals surface area contributed by atoms with E-state index >= 15 is 0 Å². The molecule has 80 valence electrons. The van der Waals surface area contributed by atoms with E-state index in [1.54, 1.807) is 26.0 Å². The summed E-state index contributed by atoms with van der Waals surface area (Å²) in [5, 5.41) is 4.01. The lowest BCUT2D eigenvalue weighted by molar-refractivity contribution is 0.602. The van der Waals surface area contributed by atoms with Crippen molar-refractivity contribution in [2.75, 3.05) is 31.0 Å². The van der Waals surface area contributed by atoms with Crippen molar-refractivity contribution in [2.24, 2.45) is 7.05 Å². The van der Waals surface area contributed by atoms with Crippen LogP contribution in [0.1, 0.15) is 0 Å². The molecule has 0 fully saturated rings. The zero-order valence-electron chi connectivity index (χ0n) is 8.64. The number of nitrogens with zero attached hydrogens (tertiary/aromatic N) is 3. The zero-order chi connectivity index (χ0) is 11.1. The van der Waals surface area contributed by atoms with Crippen LogP contribution in [0.4, 0.5) is 11.6 Å². The fourth-order valence-electron chi connectivity index (χ4n) is 1.15. The van der Waals surface area contributed by atoms with Crippen LogP contribution in [0.3, 0.4) is 0 Å². The molecule has 0 atom stereocenters. The quantitative estimate of drug-likeness (QED) is 0.721. The molecule has 0 saturated heterocycles. The Bertz CT molecular complexity index is 447. The molecule has 14 heavy (non-hydrogen) atoms. The summed E-state index contributed by atoms with van der Waals surface area (Å²) in [5.41, 5.74) is 5.62. The molecule has 7 heteroatoms. The van der Waals surface area contributed by atoms with Crippen LogP contribution < -0.4 is 10.6 Å².